The number of fused-ring (bicyclic) bond motifs is 1. The van der Waals surface area contributed by atoms with Crippen LogP contribution >= 0.6 is 0 Å². The monoisotopic (exact) mass is 345 g/mol. The Bertz CT molecular complexity index is 1110. The van der Waals surface area contributed by atoms with Gasteiger partial charge < -0.3 is 15.0 Å². The number of anilines is 2. The minimum absolute atomic E-state index is 0.241. The first-order chi connectivity index (χ1) is 12.6. The summed E-state index contributed by atoms with van der Waals surface area (Å²) >= 11 is 0. The molecular weight excluding hydrogens is 330 g/mol. The summed E-state index contributed by atoms with van der Waals surface area (Å²) in [6.07, 6.45) is 3.39. The van der Waals surface area contributed by atoms with Crippen LogP contribution in [0.3, 0.4) is 0 Å². The molecular formula is C19H15N5O2. The van der Waals surface area contributed by atoms with Gasteiger partial charge in [-0.1, -0.05) is 12.1 Å². The van der Waals surface area contributed by atoms with E-state index < -0.39 is 5.97 Å². The molecule has 0 aliphatic rings. The molecule has 26 heavy (non-hydrogen) atoms. The molecule has 0 saturated carbocycles. The number of hydrogen-bond acceptors (Lipinski definition) is 5. The summed E-state index contributed by atoms with van der Waals surface area (Å²) in [4.78, 5) is 24.3. The van der Waals surface area contributed by atoms with Gasteiger partial charge in [-0.3, -0.25) is 4.98 Å². The Hall–Kier alpha value is -3.74. The molecule has 0 unspecified atom stereocenters. The molecule has 0 spiro atoms. The van der Waals surface area contributed by atoms with Crippen molar-refractivity contribution in [1.82, 2.24) is 19.5 Å². The Morgan fingerprint density at radius 3 is 2.69 bits per heavy atom. The lowest BCUT2D eigenvalue weighted by Gasteiger charge is -2.07. The van der Waals surface area contributed by atoms with Crippen LogP contribution in [0.15, 0.2) is 60.9 Å². The smallest absolute Gasteiger partial charge is 0.352 e. The molecule has 128 valence electrons. The summed E-state index contributed by atoms with van der Waals surface area (Å²) in [7, 11) is 1.73. The topological polar surface area (TPSA) is 92.9 Å². The van der Waals surface area contributed by atoms with Crippen LogP contribution in [0.5, 0.6) is 0 Å². The average Bonchev–Trinajstić information content (AvgIpc) is 2.99. The zero-order valence-corrected chi connectivity index (χ0v) is 13.9. The lowest BCUT2D eigenvalue weighted by atomic mass is 10.2. The van der Waals surface area contributed by atoms with Crippen molar-refractivity contribution in [3.63, 3.8) is 0 Å². The number of nitrogens with one attached hydrogen (secondary N) is 1. The van der Waals surface area contributed by atoms with Crippen molar-refractivity contribution in [2.45, 2.75) is 0 Å². The molecule has 0 aliphatic carbocycles. The molecule has 3 heterocycles. The molecule has 7 heteroatoms. The van der Waals surface area contributed by atoms with Gasteiger partial charge >= 0.3 is 5.97 Å². The van der Waals surface area contributed by atoms with E-state index in [1.54, 1.807) is 36.1 Å². The SMILES string of the molecule is Cn1c(C(=O)O)cc2ccc(Nc3nccc(-c4ccccn4)n3)cc21. The van der Waals surface area contributed by atoms with Gasteiger partial charge in [0.1, 0.15) is 5.69 Å². The second-order valence-corrected chi connectivity index (χ2v) is 5.77. The highest BCUT2D eigenvalue weighted by Gasteiger charge is 2.12. The van der Waals surface area contributed by atoms with Gasteiger partial charge in [0.25, 0.3) is 0 Å². The zero-order valence-electron chi connectivity index (χ0n) is 13.9. The number of carboxylic acid groups (broad SMARTS) is 1. The van der Waals surface area contributed by atoms with E-state index >= 15 is 0 Å². The molecule has 0 aliphatic heterocycles. The van der Waals surface area contributed by atoms with Crippen molar-refractivity contribution in [2.24, 2.45) is 7.05 Å². The summed E-state index contributed by atoms with van der Waals surface area (Å²) in [5, 5.41) is 13.3. The summed E-state index contributed by atoms with van der Waals surface area (Å²) in [5.74, 6) is -0.509. The second kappa shape index (κ2) is 6.29. The average molecular weight is 345 g/mol. The summed E-state index contributed by atoms with van der Waals surface area (Å²) in [5.41, 5.74) is 3.31. The molecule has 7 nitrogen and oxygen atoms in total. The number of aromatic carboxylic acids is 1. The molecule has 0 saturated heterocycles. The van der Waals surface area contributed by atoms with Gasteiger partial charge in [-0.2, -0.15) is 0 Å². The lowest BCUT2D eigenvalue weighted by molar-refractivity contribution is 0.0687. The molecule has 0 fully saturated rings. The minimum Gasteiger partial charge on any atom is -0.477 e. The molecule has 4 aromatic rings. The van der Waals surface area contributed by atoms with E-state index in [0.717, 1.165) is 28.0 Å². The van der Waals surface area contributed by atoms with Gasteiger partial charge in [0.15, 0.2) is 0 Å². The van der Waals surface area contributed by atoms with Crippen LogP contribution in [0, 0.1) is 0 Å². The molecule has 0 radical (unpaired) electrons. The third-order valence-corrected chi connectivity index (χ3v) is 4.10. The first-order valence-corrected chi connectivity index (χ1v) is 7.96. The standard InChI is InChI=1S/C19H15N5O2/c1-24-16-11-13(6-5-12(16)10-17(24)18(25)26)22-19-21-9-7-15(23-19)14-4-2-3-8-20-14/h2-11H,1H3,(H,25,26)(H,21,22,23). The highest BCUT2D eigenvalue weighted by atomic mass is 16.4. The van der Waals surface area contributed by atoms with Crippen LogP contribution in [-0.2, 0) is 7.05 Å². The van der Waals surface area contributed by atoms with Crippen LogP contribution in [0.1, 0.15) is 10.5 Å². The predicted molar refractivity (Wildman–Crippen MR) is 98.4 cm³/mol. The lowest BCUT2D eigenvalue weighted by Crippen LogP contribution is -2.03. The number of carbonyl (C=O) groups is 1. The molecule has 0 amide bonds. The Morgan fingerprint density at radius 1 is 1.04 bits per heavy atom. The third kappa shape index (κ3) is 2.86. The first kappa shape index (κ1) is 15.8. The highest BCUT2D eigenvalue weighted by molar-refractivity contribution is 5.95. The van der Waals surface area contributed by atoms with E-state index in [2.05, 4.69) is 20.3 Å². The van der Waals surface area contributed by atoms with Crippen LogP contribution < -0.4 is 5.32 Å². The maximum Gasteiger partial charge on any atom is 0.352 e. The predicted octanol–water partition coefficient (Wildman–Crippen LogP) is 3.47. The van der Waals surface area contributed by atoms with E-state index in [-0.39, 0.29) is 5.69 Å². The Balaban J connectivity index is 1.67. The molecule has 2 N–H and O–H groups in total. The van der Waals surface area contributed by atoms with Gasteiger partial charge in [-0.05, 0) is 36.4 Å². The number of nitrogens with zero attached hydrogens (tertiary/aromatic N) is 4. The largest absolute Gasteiger partial charge is 0.477 e. The molecule has 0 bridgehead atoms. The van der Waals surface area contributed by atoms with Crippen molar-refractivity contribution in [1.29, 1.82) is 0 Å². The number of rotatable bonds is 4. The third-order valence-electron chi connectivity index (χ3n) is 4.10. The van der Waals surface area contributed by atoms with E-state index in [9.17, 15) is 9.90 Å². The normalized spacial score (nSPS) is 10.8. The fraction of sp³-hybridized carbons (Fsp3) is 0.0526. The Kier molecular flexibility index (Phi) is 3.81. The molecule has 0 atom stereocenters. The Labute approximate surface area is 149 Å². The van der Waals surface area contributed by atoms with E-state index in [1.807, 2.05) is 36.4 Å². The summed E-state index contributed by atoms with van der Waals surface area (Å²) in [6, 6.07) is 14.7. The van der Waals surface area contributed by atoms with Gasteiger partial charge in [0.05, 0.1) is 16.9 Å². The second-order valence-electron chi connectivity index (χ2n) is 5.77. The number of carboxylic acids is 1. The number of hydrogen-bond donors (Lipinski definition) is 2. The fourth-order valence-corrected chi connectivity index (χ4v) is 2.82. The molecule has 3 aromatic heterocycles. The molecule has 1 aromatic carbocycles. The summed E-state index contributed by atoms with van der Waals surface area (Å²) in [6.45, 7) is 0. The highest BCUT2D eigenvalue weighted by Crippen LogP contribution is 2.24. The van der Waals surface area contributed by atoms with Crippen LogP contribution in [-0.4, -0.2) is 30.6 Å². The van der Waals surface area contributed by atoms with Gasteiger partial charge in [0.2, 0.25) is 5.95 Å². The van der Waals surface area contributed by atoms with Gasteiger partial charge in [0, 0.05) is 30.5 Å². The zero-order chi connectivity index (χ0) is 18.1. The van der Waals surface area contributed by atoms with E-state index in [0.29, 0.717) is 5.95 Å². The van der Waals surface area contributed by atoms with Crippen LogP contribution in [0.2, 0.25) is 0 Å². The van der Waals surface area contributed by atoms with E-state index in [1.165, 1.54) is 0 Å². The number of aromatic nitrogens is 4. The molecule has 4 rings (SSSR count). The number of aryl methyl sites for hydroxylation is 1. The van der Waals surface area contributed by atoms with Crippen molar-refractivity contribution in [3.8, 4) is 11.4 Å². The maximum atomic E-state index is 11.3. The maximum absolute atomic E-state index is 11.3. The van der Waals surface area contributed by atoms with Gasteiger partial charge in [-0.15, -0.1) is 0 Å². The number of pyridine rings is 1. The van der Waals surface area contributed by atoms with Crippen LogP contribution in [0.25, 0.3) is 22.3 Å². The van der Waals surface area contributed by atoms with Crippen molar-refractivity contribution >= 4 is 28.5 Å². The minimum atomic E-state index is -0.954. The van der Waals surface area contributed by atoms with Crippen LogP contribution in [0.4, 0.5) is 11.6 Å². The van der Waals surface area contributed by atoms with Crippen molar-refractivity contribution in [3.05, 3.63) is 66.6 Å². The number of benzene rings is 1. The van der Waals surface area contributed by atoms with Crippen molar-refractivity contribution in [2.75, 3.05) is 5.32 Å². The quantitative estimate of drug-likeness (QED) is 0.588. The first-order valence-electron chi connectivity index (χ1n) is 7.96. The van der Waals surface area contributed by atoms with E-state index in [4.69, 9.17) is 0 Å². The Morgan fingerprint density at radius 2 is 1.92 bits per heavy atom. The van der Waals surface area contributed by atoms with Crippen molar-refractivity contribution < 1.29 is 9.90 Å². The van der Waals surface area contributed by atoms with Gasteiger partial charge in [-0.25, -0.2) is 14.8 Å². The summed E-state index contributed by atoms with van der Waals surface area (Å²) < 4.78 is 1.65. The fourth-order valence-electron chi connectivity index (χ4n) is 2.82.